The number of carboxylic acids is 1. The first-order valence-corrected chi connectivity index (χ1v) is 11.3. The van der Waals surface area contributed by atoms with E-state index in [-0.39, 0.29) is 4.75 Å². The Kier molecular flexibility index (Phi) is 6.83. The van der Waals surface area contributed by atoms with Gasteiger partial charge in [0.05, 0.1) is 11.8 Å². The van der Waals surface area contributed by atoms with Gasteiger partial charge in [-0.3, -0.25) is 4.79 Å². The Balaban J connectivity index is 1.35. The van der Waals surface area contributed by atoms with Crippen LogP contribution in [-0.4, -0.2) is 51.4 Å². The van der Waals surface area contributed by atoms with Crippen LogP contribution in [0.1, 0.15) is 18.9 Å². The molecular weight excluding hydrogens is 426 g/mol. The van der Waals surface area contributed by atoms with E-state index in [9.17, 15) is 9.90 Å². The van der Waals surface area contributed by atoms with Crippen molar-refractivity contribution in [3.8, 4) is 11.4 Å². The van der Waals surface area contributed by atoms with Crippen molar-refractivity contribution in [3.05, 3.63) is 72.6 Å². The van der Waals surface area contributed by atoms with Crippen molar-refractivity contribution < 1.29 is 19.4 Å². The number of hydrogen-bond acceptors (Lipinski definition) is 6. The monoisotopic (exact) mass is 453 g/mol. The summed E-state index contributed by atoms with van der Waals surface area (Å²) < 4.78 is 13.2. The molecule has 8 heteroatoms. The van der Waals surface area contributed by atoms with Gasteiger partial charge >= 0.3 is 5.97 Å². The highest BCUT2D eigenvalue weighted by molar-refractivity contribution is 8.00. The third kappa shape index (κ3) is 4.98. The molecule has 2 heterocycles. The number of thioether (sulfide) groups is 1. The second kappa shape index (κ2) is 9.77. The normalized spacial score (nSPS) is 21.4. The fraction of sp³-hybridized carbons (Fsp3) is 0.333. The van der Waals surface area contributed by atoms with E-state index in [0.717, 1.165) is 28.3 Å². The second-order valence-electron chi connectivity index (χ2n) is 7.94. The fourth-order valence-corrected chi connectivity index (χ4v) is 5.19. The Hall–Kier alpha value is -2.81. The first-order valence-electron chi connectivity index (χ1n) is 10.5. The molecule has 1 saturated heterocycles. The first kappa shape index (κ1) is 22.4. The van der Waals surface area contributed by atoms with Crippen LogP contribution in [0.5, 0.6) is 5.75 Å². The molecule has 0 bridgehead atoms. The lowest BCUT2D eigenvalue weighted by Crippen LogP contribution is -2.51. The Bertz CT molecular complexity index is 1020. The smallest absolute Gasteiger partial charge is 0.323 e. The number of hydrogen-bond donors (Lipinski definition) is 2. The molecule has 3 aromatic rings. The van der Waals surface area contributed by atoms with E-state index in [1.807, 2.05) is 65.5 Å². The van der Waals surface area contributed by atoms with Gasteiger partial charge in [0.25, 0.3) is 0 Å². The van der Waals surface area contributed by atoms with Crippen LogP contribution in [0.25, 0.3) is 5.69 Å². The molecule has 0 saturated carbocycles. The minimum atomic E-state index is -0.896. The quantitative estimate of drug-likeness (QED) is 0.510. The molecule has 0 radical (unpaired) electrons. The van der Waals surface area contributed by atoms with Crippen molar-refractivity contribution >= 4 is 17.7 Å². The van der Waals surface area contributed by atoms with Crippen LogP contribution in [0.3, 0.4) is 0 Å². The molecule has 2 N–H and O–H groups in total. The van der Waals surface area contributed by atoms with Gasteiger partial charge in [-0.1, -0.05) is 12.1 Å². The van der Waals surface area contributed by atoms with Crippen LogP contribution in [0.4, 0.5) is 0 Å². The van der Waals surface area contributed by atoms with Crippen LogP contribution in [0, 0.1) is 0 Å². The average Bonchev–Trinajstić information content (AvgIpc) is 3.45. The van der Waals surface area contributed by atoms with Crippen LogP contribution in [0.2, 0.25) is 0 Å². The number of aliphatic carboxylic acids is 1. The lowest BCUT2D eigenvalue weighted by molar-refractivity contribution is -0.143. The summed E-state index contributed by atoms with van der Waals surface area (Å²) in [7, 11) is 1.66. The number of likely N-dealkylation sites (N-methyl/N-ethyl adjacent to an activating group) is 1. The maximum atomic E-state index is 11.6. The molecule has 1 aliphatic heterocycles. The van der Waals surface area contributed by atoms with Gasteiger partial charge in [0.2, 0.25) is 0 Å². The summed E-state index contributed by atoms with van der Waals surface area (Å²) in [4.78, 5) is 12.7. The van der Waals surface area contributed by atoms with Gasteiger partial charge in [0.1, 0.15) is 18.4 Å². The molecule has 3 atom stereocenters. The van der Waals surface area contributed by atoms with E-state index in [0.29, 0.717) is 13.2 Å². The summed E-state index contributed by atoms with van der Waals surface area (Å²) in [5.41, 5.74) is 2.08. The number of carboxylic acid groups (broad SMARTS) is 1. The molecule has 1 aliphatic rings. The summed E-state index contributed by atoms with van der Waals surface area (Å²) in [6.45, 7) is 3.10. The van der Waals surface area contributed by atoms with E-state index < -0.39 is 18.1 Å². The van der Waals surface area contributed by atoms with E-state index >= 15 is 0 Å². The minimum absolute atomic E-state index is 0.329. The van der Waals surface area contributed by atoms with Crippen LogP contribution >= 0.6 is 11.8 Å². The summed E-state index contributed by atoms with van der Waals surface area (Å²) in [6, 6.07) is 17.2. The first-order chi connectivity index (χ1) is 15.5. The average molecular weight is 454 g/mol. The van der Waals surface area contributed by atoms with E-state index in [1.54, 1.807) is 25.0 Å². The summed E-state index contributed by atoms with van der Waals surface area (Å²) in [6.07, 6.45) is 4.05. The molecule has 1 unspecified atom stereocenters. The topological polar surface area (TPSA) is 85.6 Å². The predicted molar refractivity (Wildman–Crippen MR) is 123 cm³/mol. The van der Waals surface area contributed by atoms with Gasteiger partial charge in [0.15, 0.2) is 0 Å². The summed E-state index contributed by atoms with van der Waals surface area (Å²) in [5, 5.41) is 16.6. The summed E-state index contributed by atoms with van der Waals surface area (Å²) >= 11 is 1.65. The van der Waals surface area contributed by atoms with Gasteiger partial charge in [-0.25, -0.2) is 4.68 Å². The fourth-order valence-electron chi connectivity index (χ4n) is 3.88. The molecule has 7 nitrogen and oxygen atoms in total. The van der Waals surface area contributed by atoms with Crippen molar-refractivity contribution in [2.24, 2.45) is 0 Å². The molecule has 168 valence electrons. The van der Waals surface area contributed by atoms with Crippen LogP contribution in [-0.2, 0) is 16.1 Å². The van der Waals surface area contributed by atoms with Crippen molar-refractivity contribution in [2.45, 2.75) is 41.7 Å². The Morgan fingerprint density at radius 2 is 2.06 bits per heavy atom. The highest BCUT2D eigenvalue weighted by Gasteiger charge is 2.47. The zero-order valence-corrected chi connectivity index (χ0v) is 18.9. The predicted octanol–water partition coefficient (Wildman–Crippen LogP) is 3.76. The highest BCUT2D eigenvalue weighted by atomic mass is 32.2. The van der Waals surface area contributed by atoms with Gasteiger partial charge in [-0.2, -0.15) is 5.10 Å². The molecule has 32 heavy (non-hydrogen) atoms. The SMILES string of the molecule is CNC(C(=O)O)[C@H]1OCC[C@@]1(C)Sc1ccc(OCc2ccc(-n3cccn3)cc2)cc1. The maximum absolute atomic E-state index is 11.6. The molecule has 2 aromatic carbocycles. The van der Waals surface area contributed by atoms with Gasteiger partial charge in [-0.15, -0.1) is 11.8 Å². The van der Waals surface area contributed by atoms with Gasteiger partial charge in [-0.05, 0) is 68.4 Å². The standard InChI is InChI=1S/C24H27N3O4S/c1-24(12-15-30-22(24)21(25-2)23(28)29)32-20-10-8-19(9-11-20)31-16-17-4-6-18(7-5-17)27-14-3-13-26-27/h3-11,13-14,21-22,25H,12,15-16H2,1-2H3,(H,28,29)/t21?,22-,24-/m1/s1. The zero-order valence-electron chi connectivity index (χ0n) is 18.1. The number of nitrogens with one attached hydrogen (secondary N) is 1. The van der Waals surface area contributed by atoms with Crippen LogP contribution in [0.15, 0.2) is 71.9 Å². The third-order valence-electron chi connectivity index (χ3n) is 5.66. The number of ether oxygens (including phenoxy) is 2. The van der Waals surface area contributed by atoms with Crippen molar-refractivity contribution in [1.82, 2.24) is 15.1 Å². The van der Waals surface area contributed by atoms with Crippen molar-refractivity contribution in [2.75, 3.05) is 13.7 Å². The van der Waals surface area contributed by atoms with Crippen LogP contribution < -0.4 is 10.1 Å². The van der Waals surface area contributed by atoms with E-state index in [2.05, 4.69) is 17.3 Å². The number of aromatic nitrogens is 2. The second-order valence-corrected chi connectivity index (χ2v) is 9.55. The van der Waals surface area contributed by atoms with Gasteiger partial charge < -0.3 is 19.9 Å². The maximum Gasteiger partial charge on any atom is 0.323 e. The lowest BCUT2D eigenvalue weighted by atomic mass is 9.96. The Morgan fingerprint density at radius 1 is 1.31 bits per heavy atom. The zero-order chi connectivity index (χ0) is 22.6. The van der Waals surface area contributed by atoms with Crippen molar-refractivity contribution in [1.29, 1.82) is 0 Å². The number of benzene rings is 2. The summed E-state index contributed by atoms with van der Waals surface area (Å²) in [5.74, 6) is -0.110. The molecule has 0 spiro atoms. The Labute approximate surface area is 191 Å². The molecule has 0 amide bonds. The van der Waals surface area contributed by atoms with E-state index in [1.165, 1.54) is 0 Å². The lowest BCUT2D eigenvalue weighted by Gasteiger charge is -2.33. The highest BCUT2D eigenvalue weighted by Crippen LogP contribution is 2.44. The molecule has 0 aliphatic carbocycles. The van der Waals surface area contributed by atoms with Crippen molar-refractivity contribution in [3.63, 3.8) is 0 Å². The molecule has 4 rings (SSSR count). The number of nitrogens with zero attached hydrogens (tertiary/aromatic N) is 2. The minimum Gasteiger partial charge on any atom is -0.489 e. The molecular formula is C24H27N3O4S. The largest absolute Gasteiger partial charge is 0.489 e. The number of rotatable bonds is 9. The number of carbonyl (C=O) groups is 1. The molecule has 1 fully saturated rings. The Morgan fingerprint density at radius 3 is 2.69 bits per heavy atom. The molecule has 1 aromatic heterocycles. The van der Waals surface area contributed by atoms with Gasteiger partial charge in [0, 0.05) is 28.6 Å². The third-order valence-corrected chi connectivity index (χ3v) is 7.07. The van der Waals surface area contributed by atoms with E-state index in [4.69, 9.17) is 9.47 Å².